The highest BCUT2D eigenvalue weighted by Crippen LogP contribution is 2.49. The molecule has 6 nitrogen and oxygen atoms in total. The van der Waals surface area contributed by atoms with Crippen molar-refractivity contribution in [3.8, 4) is 0 Å². The lowest BCUT2D eigenvalue weighted by atomic mass is 9.84. The van der Waals surface area contributed by atoms with Crippen molar-refractivity contribution in [1.82, 2.24) is 15.1 Å². The summed E-state index contributed by atoms with van der Waals surface area (Å²) in [5, 5.41) is 3.08. The molecule has 2 amide bonds. The Balaban J connectivity index is 1.04. The molecule has 1 aliphatic carbocycles. The summed E-state index contributed by atoms with van der Waals surface area (Å²) in [6, 6.07) is 21.1. The minimum Gasteiger partial charge on any atom is -0.339 e. The second kappa shape index (κ2) is 7.62. The second-order valence-electron chi connectivity index (χ2n) is 9.75. The smallest absolute Gasteiger partial charge is 0.247 e. The third-order valence-corrected chi connectivity index (χ3v) is 8.06. The fourth-order valence-corrected chi connectivity index (χ4v) is 5.93. The number of nitrogens with one attached hydrogen (secondary N) is 1. The van der Waals surface area contributed by atoms with Crippen molar-refractivity contribution in [2.75, 3.05) is 37.7 Å². The molecule has 4 fully saturated rings. The predicted molar refractivity (Wildman–Crippen MR) is 123 cm³/mol. The van der Waals surface area contributed by atoms with E-state index >= 15 is 0 Å². The lowest BCUT2D eigenvalue weighted by Gasteiger charge is -2.50. The molecule has 32 heavy (non-hydrogen) atoms. The molecule has 2 aromatic rings. The molecule has 0 aromatic heterocycles. The van der Waals surface area contributed by atoms with Crippen LogP contribution < -0.4 is 10.2 Å². The number of hydrogen-bond acceptors (Lipinski definition) is 4. The van der Waals surface area contributed by atoms with Crippen molar-refractivity contribution in [3.05, 3.63) is 66.2 Å². The largest absolute Gasteiger partial charge is 0.339 e. The molecule has 3 aliphatic heterocycles. The van der Waals surface area contributed by atoms with Crippen LogP contribution in [-0.4, -0.2) is 66.0 Å². The maximum atomic E-state index is 12.9. The Morgan fingerprint density at radius 1 is 0.938 bits per heavy atom. The van der Waals surface area contributed by atoms with E-state index in [2.05, 4.69) is 51.5 Å². The number of amides is 2. The normalized spacial score (nSPS) is 27.3. The van der Waals surface area contributed by atoms with E-state index in [0.29, 0.717) is 24.5 Å². The van der Waals surface area contributed by atoms with Gasteiger partial charge in [-0.25, -0.2) is 0 Å². The first-order valence-electron chi connectivity index (χ1n) is 11.8. The van der Waals surface area contributed by atoms with Gasteiger partial charge in [-0.15, -0.1) is 0 Å². The lowest BCUT2D eigenvalue weighted by Crippen LogP contribution is -2.65. The van der Waals surface area contributed by atoms with Gasteiger partial charge in [0, 0.05) is 43.8 Å². The van der Waals surface area contributed by atoms with Gasteiger partial charge < -0.3 is 15.1 Å². The van der Waals surface area contributed by atoms with Gasteiger partial charge in [0.25, 0.3) is 0 Å². The number of piperidine rings is 1. The van der Waals surface area contributed by atoms with E-state index in [1.54, 1.807) is 0 Å². The number of para-hydroxylation sites is 1. The summed E-state index contributed by atoms with van der Waals surface area (Å²) in [7, 11) is 0. The van der Waals surface area contributed by atoms with Crippen LogP contribution in [0, 0.1) is 5.92 Å². The third kappa shape index (κ3) is 3.20. The molecular formula is C26H30N4O2. The maximum Gasteiger partial charge on any atom is 0.247 e. The predicted octanol–water partition coefficient (Wildman–Crippen LogP) is 2.43. The van der Waals surface area contributed by atoms with Gasteiger partial charge in [-0.05, 0) is 42.9 Å². The maximum absolute atomic E-state index is 12.9. The number of carbonyl (C=O) groups is 2. The third-order valence-electron chi connectivity index (χ3n) is 8.06. The minimum atomic E-state index is -0.436. The highest BCUT2D eigenvalue weighted by atomic mass is 16.2. The van der Waals surface area contributed by atoms with Crippen LogP contribution in [-0.2, 0) is 9.59 Å². The minimum absolute atomic E-state index is 0.159. The van der Waals surface area contributed by atoms with Gasteiger partial charge in [0.2, 0.25) is 11.8 Å². The van der Waals surface area contributed by atoms with Gasteiger partial charge in [0.1, 0.15) is 5.54 Å². The number of rotatable bonds is 4. The molecular weight excluding hydrogens is 400 g/mol. The van der Waals surface area contributed by atoms with Crippen molar-refractivity contribution in [2.45, 2.75) is 36.8 Å². The number of anilines is 1. The molecule has 6 heteroatoms. The van der Waals surface area contributed by atoms with E-state index in [9.17, 15) is 9.59 Å². The lowest BCUT2D eigenvalue weighted by molar-refractivity contribution is -0.140. The number of hydrogen-bond donors (Lipinski definition) is 1. The summed E-state index contributed by atoms with van der Waals surface area (Å²) in [6.45, 7) is 4.05. The molecule has 6 rings (SSSR count). The van der Waals surface area contributed by atoms with E-state index in [1.165, 1.54) is 5.56 Å². The Kier molecular flexibility index (Phi) is 4.72. The van der Waals surface area contributed by atoms with E-state index in [-0.39, 0.29) is 11.8 Å². The molecule has 3 heterocycles. The first-order valence-corrected chi connectivity index (χ1v) is 11.8. The molecule has 2 aromatic carbocycles. The van der Waals surface area contributed by atoms with E-state index in [4.69, 9.17) is 0 Å². The van der Waals surface area contributed by atoms with Crippen LogP contribution in [0.4, 0.5) is 5.69 Å². The van der Waals surface area contributed by atoms with Crippen LogP contribution >= 0.6 is 0 Å². The number of nitrogens with zero attached hydrogens (tertiary/aromatic N) is 3. The fourth-order valence-electron chi connectivity index (χ4n) is 5.93. The summed E-state index contributed by atoms with van der Waals surface area (Å²) in [4.78, 5) is 32.5. The number of likely N-dealkylation sites (tertiary alicyclic amines) is 2. The van der Waals surface area contributed by atoms with Crippen molar-refractivity contribution in [3.63, 3.8) is 0 Å². The second-order valence-corrected chi connectivity index (χ2v) is 9.75. The zero-order chi connectivity index (χ0) is 21.7. The Labute approximate surface area is 189 Å². The summed E-state index contributed by atoms with van der Waals surface area (Å²) in [5.41, 5.74) is 1.97. The molecule has 0 bridgehead atoms. The van der Waals surface area contributed by atoms with Crippen molar-refractivity contribution >= 4 is 17.5 Å². The summed E-state index contributed by atoms with van der Waals surface area (Å²) < 4.78 is 0. The molecule has 0 radical (unpaired) electrons. The molecule has 2 unspecified atom stereocenters. The number of benzene rings is 2. The summed E-state index contributed by atoms with van der Waals surface area (Å²) in [6.07, 6.45) is 2.65. The van der Waals surface area contributed by atoms with Gasteiger partial charge in [0.15, 0.2) is 0 Å². The molecule has 3 saturated heterocycles. The van der Waals surface area contributed by atoms with Crippen LogP contribution in [0.25, 0.3) is 0 Å². The van der Waals surface area contributed by atoms with Crippen LogP contribution in [0.3, 0.4) is 0 Å². The zero-order valence-electron chi connectivity index (χ0n) is 18.3. The average molecular weight is 431 g/mol. The highest BCUT2D eigenvalue weighted by molar-refractivity contribution is 5.93. The van der Waals surface area contributed by atoms with Crippen LogP contribution in [0.5, 0.6) is 0 Å². The van der Waals surface area contributed by atoms with Crippen molar-refractivity contribution < 1.29 is 9.59 Å². The van der Waals surface area contributed by atoms with Crippen LogP contribution in [0.15, 0.2) is 60.7 Å². The van der Waals surface area contributed by atoms with E-state index in [1.807, 2.05) is 29.2 Å². The zero-order valence-corrected chi connectivity index (χ0v) is 18.3. The molecule has 1 N–H and O–H groups in total. The summed E-state index contributed by atoms with van der Waals surface area (Å²) in [5.74, 6) is 1.06. The van der Waals surface area contributed by atoms with Gasteiger partial charge in [0.05, 0.1) is 6.67 Å². The summed E-state index contributed by atoms with van der Waals surface area (Å²) >= 11 is 0. The van der Waals surface area contributed by atoms with E-state index < -0.39 is 5.54 Å². The van der Waals surface area contributed by atoms with Gasteiger partial charge in [-0.1, -0.05) is 48.5 Å². The molecule has 1 spiro atoms. The Bertz CT molecular complexity index is 997. The van der Waals surface area contributed by atoms with Crippen molar-refractivity contribution in [2.24, 2.45) is 5.92 Å². The van der Waals surface area contributed by atoms with Crippen LogP contribution in [0.2, 0.25) is 0 Å². The first kappa shape index (κ1) is 19.8. The monoisotopic (exact) mass is 430 g/mol. The van der Waals surface area contributed by atoms with Gasteiger partial charge in [-0.2, -0.15) is 0 Å². The topological polar surface area (TPSA) is 55.9 Å². The Hall–Kier alpha value is -2.86. The number of carbonyl (C=O) groups excluding carboxylic acids is 2. The molecule has 4 aliphatic rings. The highest BCUT2D eigenvalue weighted by Gasteiger charge is 2.53. The van der Waals surface area contributed by atoms with Gasteiger partial charge in [-0.3, -0.25) is 14.5 Å². The molecule has 2 atom stereocenters. The van der Waals surface area contributed by atoms with Crippen molar-refractivity contribution in [1.29, 1.82) is 0 Å². The average Bonchev–Trinajstić information content (AvgIpc) is 3.55. The standard InChI is InChI=1S/C26H30N4O2/c31-24(23-15-22(23)19-7-3-1-4-8-19)29-16-21(17-29)28-13-11-26(12-14-28)25(32)27-18-30(26)20-9-5-2-6-10-20/h1-10,21-23H,11-18H2,(H,27,32). The SMILES string of the molecule is O=C(C1CC1c1ccccc1)N1CC(N2CCC3(CC2)C(=O)NCN3c2ccccc2)C1. The Morgan fingerprint density at radius 2 is 1.59 bits per heavy atom. The van der Waals surface area contributed by atoms with Crippen LogP contribution in [0.1, 0.15) is 30.7 Å². The quantitative estimate of drug-likeness (QED) is 0.810. The Morgan fingerprint density at radius 3 is 2.28 bits per heavy atom. The fraction of sp³-hybridized carbons (Fsp3) is 0.462. The molecule has 1 saturated carbocycles. The molecule has 166 valence electrons. The first-order chi connectivity index (χ1) is 15.7. The van der Waals surface area contributed by atoms with E-state index in [0.717, 1.165) is 51.1 Å². The van der Waals surface area contributed by atoms with Gasteiger partial charge >= 0.3 is 0 Å².